The third kappa shape index (κ3) is 7.03. The monoisotopic (exact) mass is 467 g/mol. The number of hydrogen-bond acceptors (Lipinski definition) is 7. The van der Waals surface area contributed by atoms with Gasteiger partial charge < -0.3 is 26.2 Å². The number of aromatic nitrogens is 2. The van der Waals surface area contributed by atoms with Gasteiger partial charge in [0.25, 0.3) is 5.91 Å². The molecule has 182 valence electrons. The number of nitrogens with one attached hydrogen (secondary N) is 2. The van der Waals surface area contributed by atoms with Gasteiger partial charge in [0.1, 0.15) is 0 Å². The number of anilines is 3. The van der Waals surface area contributed by atoms with Crippen LogP contribution in [0.1, 0.15) is 35.6 Å². The lowest BCUT2D eigenvalue weighted by Crippen LogP contribution is -2.38. The zero-order valence-electron chi connectivity index (χ0n) is 20.4. The Hall–Kier alpha value is -3.95. The van der Waals surface area contributed by atoms with Crippen LogP contribution in [0.3, 0.4) is 0 Å². The van der Waals surface area contributed by atoms with E-state index < -0.39 is 5.91 Å². The number of nitrogens with zero attached hydrogens (tertiary/aromatic N) is 4. The van der Waals surface area contributed by atoms with Crippen molar-refractivity contribution in [3.05, 3.63) is 53.9 Å². The fraction of sp³-hybridized carbons (Fsp3) is 0.375. The molecule has 4 N–H and O–H groups in total. The summed E-state index contributed by atoms with van der Waals surface area (Å²) in [5.74, 6) is -0.307. The highest BCUT2D eigenvalue weighted by atomic mass is 16.2. The molecule has 2 rings (SSSR count). The largest absolute Gasteiger partial charge is 0.364 e. The molecule has 0 radical (unpaired) electrons. The second-order valence-corrected chi connectivity index (χ2v) is 8.22. The third-order valence-electron chi connectivity index (χ3n) is 5.24. The van der Waals surface area contributed by atoms with Crippen molar-refractivity contribution < 1.29 is 14.4 Å². The van der Waals surface area contributed by atoms with E-state index in [2.05, 4.69) is 27.2 Å². The van der Waals surface area contributed by atoms with E-state index in [1.807, 2.05) is 50.1 Å². The minimum Gasteiger partial charge on any atom is -0.364 e. The van der Waals surface area contributed by atoms with Gasteiger partial charge in [-0.2, -0.15) is 0 Å². The van der Waals surface area contributed by atoms with Gasteiger partial charge in [-0.1, -0.05) is 18.7 Å². The predicted molar refractivity (Wildman–Crippen MR) is 133 cm³/mol. The second kappa shape index (κ2) is 11.8. The molecule has 0 unspecified atom stereocenters. The summed E-state index contributed by atoms with van der Waals surface area (Å²) >= 11 is 0. The van der Waals surface area contributed by atoms with Crippen LogP contribution in [0.5, 0.6) is 0 Å². The van der Waals surface area contributed by atoms with Crippen LogP contribution in [0.25, 0.3) is 0 Å². The van der Waals surface area contributed by atoms with Gasteiger partial charge in [-0.3, -0.25) is 14.4 Å². The van der Waals surface area contributed by atoms with Crippen LogP contribution in [0.4, 0.5) is 17.3 Å². The lowest BCUT2D eigenvalue weighted by Gasteiger charge is -2.25. The quantitative estimate of drug-likeness (QED) is 0.429. The molecule has 1 aromatic heterocycles. The standard InChI is InChI=1S/C24H33N7O3/c1-7-20(33)30(5)14-19(32)26-12-11-17-9-8-10-18(13-17)28-23-21(22(25)34)27-16(4)24(29-23)31(6)15(2)3/h7-10,13,15H,1,11-12,14H2,2-6H3,(H2,25,34)(H,26,32)(H,28,29). The molecule has 0 aliphatic rings. The maximum absolute atomic E-state index is 12.0. The molecule has 1 aromatic carbocycles. The van der Waals surface area contributed by atoms with Gasteiger partial charge in [-0.25, -0.2) is 9.97 Å². The number of benzene rings is 1. The first kappa shape index (κ1) is 26.3. The minimum absolute atomic E-state index is 0.0401. The van der Waals surface area contributed by atoms with Crippen LogP contribution in [0, 0.1) is 6.92 Å². The van der Waals surface area contributed by atoms with E-state index in [-0.39, 0.29) is 35.9 Å². The summed E-state index contributed by atoms with van der Waals surface area (Å²) in [4.78, 5) is 47.8. The van der Waals surface area contributed by atoms with Crippen LogP contribution in [0.2, 0.25) is 0 Å². The molecule has 3 amide bonds. The first-order chi connectivity index (χ1) is 16.0. The number of carbonyl (C=O) groups excluding carboxylic acids is 3. The van der Waals surface area contributed by atoms with Crippen molar-refractivity contribution in [2.75, 3.05) is 37.4 Å². The smallest absolute Gasteiger partial charge is 0.271 e. The highest BCUT2D eigenvalue weighted by molar-refractivity contribution is 5.96. The molecular formula is C24H33N7O3. The predicted octanol–water partition coefficient (Wildman–Crippen LogP) is 1.78. The molecular weight excluding hydrogens is 434 g/mol. The Morgan fingerprint density at radius 2 is 1.91 bits per heavy atom. The van der Waals surface area contributed by atoms with E-state index in [0.29, 0.717) is 30.2 Å². The Labute approximate surface area is 200 Å². The van der Waals surface area contributed by atoms with Gasteiger partial charge in [0.2, 0.25) is 11.8 Å². The number of nitrogens with two attached hydrogens (primary N) is 1. The maximum atomic E-state index is 12.0. The summed E-state index contributed by atoms with van der Waals surface area (Å²) in [6, 6.07) is 7.73. The number of likely N-dealkylation sites (N-methyl/N-ethyl adjacent to an activating group) is 1. The van der Waals surface area contributed by atoms with Crippen LogP contribution < -0.4 is 21.3 Å². The molecule has 0 saturated carbocycles. The number of amides is 3. The van der Waals surface area contributed by atoms with Crippen molar-refractivity contribution in [3.8, 4) is 0 Å². The van der Waals surface area contributed by atoms with Crippen molar-refractivity contribution in [2.45, 2.75) is 33.2 Å². The van der Waals surface area contributed by atoms with E-state index in [9.17, 15) is 14.4 Å². The fourth-order valence-electron chi connectivity index (χ4n) is 3.14. The molecule has 0 aliphatic carbocycles. The summed E-state index contributed by atoms with van der Waals surface area (Å²) in [5, 5.41) is 5.95. The molecule has 34 heavy (non-hydrogen) atoms. The average molecular weight is 468 g/mol. The van der Waals surface area contributed by atoms with Gasteiger partial charge in [0, 0.05) is 32.4 Å². The van der Waals surface area contributed by atoms with Gasteiger partial charge in [0.05, 0.1) is 12.2 Å². The molecule has 0 saturated heterocycles. The van der Waals surface area contributed by atoms with E-state index in [1.165, 1.54) is 11.9 Å². The molecule has 2 aromatic rings. The number of aryl methyl sites for hydroxylation is 1. The maximum Gasteiger partial charge on any atom is 0.271 e. The molecule has 10 heteroatoms. The molecule has 1 heterocycles. The van der Waals surface area contributed by atoms with E-state index in [1.54, 1.807) is 6.92 Å². The molecule has 0 fully saturated rings. The van der Waals surface area contributed by atoms with Crippen molar-refractivity contribution in [2.24, 2.45) is 5.73 Å². The van der Waals surface area contributed by atoms with Crippen LogP contribution in [0.15, 0.2) is 36.9 Å². The van der Waals surface area contributed by atoms with Gasteiger partial charge in [0.15, 0.2) is 17.3 Å². The number of primary amides is 1. The van der Waals surface area contributed by atoms with Gasteiger partial charge >= 0.3 is 0 Å². The van der Waals surface area contributed by atoms with Crippen molar-refractivity contribution in [1.29, 1.82) is 0 Å². The van der Waals surface area contributed by atoms with E-state index in [4.69, 9.17) is 5.73 Å². The van der Waals surface area contributed by atoms with Gasteiger partial charge in [-0.05, 0) is 51.0 Å². The second-order valence-electron chi connectivity index (χ2n) is 8.22. The van der Waals surface area contributed by atoms with Crippen molar-refractivity contribution in [1.82, 2.24) is 20.2 Å². The Morgan fingerprint density at radius 3 is 2.53 bits per heavy atom. The summed E-state index contributed by atoms with van der Waals surface area (Å²) in [6.45, 7) is 9.63. The zero-order chi connectivity index (χ0) is 25.4. The summed E-state index contributed by atoms with van der Waals surface area (Å²) in [5.41, 5.74) is 7.89. The molecule has 0 spiro atoms. The topological polar surface area (TPSA) is 134 Å². The van der Waals surface area contributed by atoms with E-state index in [0.717, 1.165) is 11.6 Å². The fourth-order valence-corrected chi connectivity index (χ4v) is 3.14. The lowest BCUT2D eigenvalue weighted by atomic mass is 10.1. The Bertz CT molecular complexity index is 1070. The SMILES string of the molecule is C=CC(=O)N(C)CC(=O)NCCc1cccc(Nc2nc(N(C)C(C)C)c(C)nc2C(N)=O)c1. The molecule has 10 nitrogen and oxygen atoms in total. The Balaban J connectivity index is 2.12. The van der Waals surface area contributed by atoms with E-state index >= 15 is 0 Å². The highest BCUT2D eigenvalue weighted by Gasteiger charge is 2.19. The lowest BCUT2D eigenvalue weighted by molar-refractivity contribution is -0.131. The molecule has 0 aliphatic heterocycles. The van der Waals surface area contributed by atoms with Gasteiger partial charge in [-0.15, -0.1) is 0 Å². The van der Waals surface area contributed by atoms with Crippen LogP contribution in [-0.2, 0) is 16.0 Å². The normalized spacial score (nSPS) is 10.5. The molecule has 0 atom stereocenters. The number of rotatable bonds is 11. The molecule has 0 bridgehead atoms. The Morgan fingerprint density at radius 1 is 1.21 bits per heavy atom. The first-order valence-corrected chi connectivity index (χ1v) is 10.9. The minimum atomic E-state index is -0.671. The Kier molecular flexibility index (Phi) is 9.11. The number of carbonyl (C=O) groups is 3. The average Bonchev–Trinajstić information content (AvgIpc) is 2.78. The summed E-state index contributed by atoms with van der Waals surface area (Å²) in [7, 11) is 3.45. The highest BCUT2D eigenvalue weighted by Crippen LogP contribution is 2.24. The van der Waals surface area contributed by atoms with Crippen LogP contribution >= 0.6 is 0 Å². The summed E-state index contributed by atoms with van der Waals surface area (Å²) < 4.78 is 0. The van der Waals surface area contributed by atoms with Crippen molar-refractivity contribution in [3.63, 3.8) is 0 Å². The first-order valence-electron chi connectivity index (χ1n) is 10.9. The zero-order valence-corrected chi connectivity index (χ0v) is 20.4. The van der Waals surface area contributed by atoms with Crippen molar-refractivity contribution >= 4 is 35.0 Å². The third-order valence-corrected chi connectivity index (χ3v) is 5.24. The van der Waals surface area contributed by atoms with Crippen LogP contribution in [-0.4, -0.2) is 65.8 Å². The summed E-state index contributed by atoms with van der Waals surface area (Å²) in [6.07, 6.45) is 1.74. The number of hydrogen-bond donors (Lipinski definition) is 3.